The van der Waals surface area contributed by atoms with Gasteiger partial charge in [-0.25, -0.2) is 4.98 Å². The van der Waals surface area contributed by atoms with Crippen molar-refractivity contribution in [2.75, 3.05) is 36.0 Å². The summed E-state index contributed by atoms with van der Waals surface area (Å²) < 4.78 is 43.3. The van der Waals surface area contributed by atoms with Gasteiger partial charge in [-0.15, -0.1) is 0 Å². The van der Waals surface area contributed by atoms with Crippen molar-refractivity contribution < 1.29 is 22.8 Å². The lowest BCUT2D eigenvalue weighted by Gasteiger charge is -2.35. The number of hydrogen-bond donors (Lipinski definition) is 0. The lowest BCUT2D eigenvalue weighted by molar-refractivity contribution is -0.137. The van der Waals surface area contributed by atoms with Crippen LogP contribution in [0.2, 0.25) is 0 Å². The normalized spacial score (nSPS) is 14.8. The van der Waals surface area contributed by atoms with Gasteiger partial charge in [-0.1, -0.05) is 48.5 Å². The summed E-state index contributed by atoms with van der Waals surface area (Å²) in [6.07, 6.45) is -2.74. The van der Waals surface area contributed by atoms with E-state index in [0.717, 1.165) is 28.8 Å². The monoisotopic (exact) mass is 635 g/mol. The first-order chi connectivity index (χ1) is 22.7. The zero-order valence-electron chi connectivity index (χ0n) is 25.7. The third-order valence-corrected chi connectivity index (χ3v) is 9.00. The van der Waals surface area contributed by atoms with Gasteiger partial charge in [0.1, 0.15) is 11.5 Å². The zero-order chi connectivity index (χ0) is 32.7. The van der Waals surface area contributed by atoms with Crippen LogP contribution in [0.4, 0.5) is 24.7 Å². The van der Waals surface area contributed by atoms with Gasteiger partial charge in [0.25, 0.3) is 11.8 Å². The Morgan fingerprint density at radius 2 is 1.49 bits per heavy atom. The van der Waals surface area contributed by atoms with Gasteiger partial charge < -0.3 is 19.3 Å². The van der Waals surface area contributed by atoms with Crippen LogP contribution in [0.3, 0.4) is 0 Å². The maximum Gasteiger partial charge on any atom is 0.417 e. The number of anilines is 2. The van der Waals surface area contributed by atoms with Crippen LogP contribution in [-0.4, -0.2) is 52.4 Å². The highest BCUT2D eigenvalue weighted by Gasteiger charge is 2.34. The standard InChI is InChI=1S/C37H32F3N5O2/c1-25-22-26(13-15-29(25)30-9-3-4-10-31(30)37(38,39)40)35(46)45-24-28-14-16-33(44(28)23-27-8-2-5-11-32(27)45)36(47)43-20-18-42(19-21-43)34-12-6-7-17-41-34/h2-17,22H,18-21,23-24H2,1H3. The number of aromatic nitrogens is 2. The number of carbonyl (C=O) groups excluding carboxylic acids is 2. The van der Waals surface area contributed by atoms with E-state index in [4.69, 9.17) is 0 Å². The molecule has 2 amide bonds. The molecule has 2 aromatic heterocycles. The molecule has 3 aromatic carbocycles. The SMILES string of the molecule is Cc1cc(C(=O)N2Cc3ccc(C(=O)N4CCN(c5ccccn5)CC4)n3Cc3ccccc32)ccc1-c1ccccc1C(F)(F)F. The minimum atomic E-state index is -4.50. The van der Waals surface area contributed by atoms with Crippen molar-refractivity contribution in [2.45, 2.75) is 26.2 Å². The number of pyridine rings is 1. The molecule has 5 aromatic rings. The van der Waals surface area contributed by atoms with E-state index >= 15 is 0 Å². The highest BCUT2D eigenvalue weighted by Crippen LogP contribution is 2.38. The molecule has 2 aliphatic rings. The highest BCUT2D eigenvalue weighted by molar-refractivity contribution is 6.07. The first-order valence-electron chi connectivity index (χ1n) is 15.5. The fourth-order valence-electron chi connectivity index (χ4n) is 6.59. The van der Waals surface area contributed by atoms with E-state index in [1.807, 2.05) is 64.1 Å². The molecule has 47 heavy (non-hydrogen) atoms. The van der Waals surface area contributed by atoms with Crippen LogP contribution in [0.15, 0.2) is 103 Å². The molecule has 0 radical (unpaired) electrons. The number of para-hydroxylation sites is 1. The first kappa shape index (κ1) is 30.3. The topological polar surface area (TPSA) is 61.7 Å². The lowest BCUT2D eigenvalue weighted by Crippen LogP contribution is -2.49. The molecule has 0 unspecified atom stereocenters. The lowest BCUT2D eigenvalue weighted by atomic mass is 9.94. The van der Waals surface area contributed by atoms with E-state index < -0.39 is 11.7 Å². The van der Waals surface area contributed by atoms with Crippen molar-refractivity contribution in [3.05, 3.63) is 137 Å². The summed E-state index contributed by atoms with van der Waals surface area (Å²) in [5.41, 5.74) is 3.71. The third kappa shape index (κ3) is 5.75. The predicted octanol–water partition coefficient (Wildman–Crippen LogP) is 7.05. The van der Waals surface area contributed by atoms with Crippen LogP contribution in [0.5, 0.6) is 0 Å². The summed E-state index contributed by atoms with van der Waals surface area (Å²) in [4.78, 5) is 38.1. The number of piperazine rings is 1. The molecule has 10 heteroatoms. The van der Waals surface area contributed by atoms with E-state index in [9.17, 15) is 22.8 Å². The van der Waals surface area contributed by atoms with Crippen LogP contribution in [0, 0.1) is 6.92 Å². The summed E-state index contributed by atoms with van der Waals surface area (Å²) in [6, 6.07) is 27.4. The maximum atomic E-state index is 14.1. The van der Waals surface area contributed by atoms with Gasteiger partial charge in [0.05, 0.1) is 18.7 Å². The van der Waals surface area contributed by atoms with Crippen molar-refractivity contribution in [1.82, 2.24) is 14.5 Å². The molecule has 7 rings (SSSR count). The highest BCUT2D eigenvalue weighted by atomic mass is 19.4. The minimum Gasteiger partial charge on any atom is -0.353 e. The smallest absolute Gasteiger partial charge is 0.353 e. The maximum absolute atomic E-state index is 14.1. The largest absolute Gasteiger partial charge is 0.417 e. The number of halogens is 3. The Labute approximate surface area is 270 Å². The molecule has 0 bridgehead atoms. The average Bonchev–Trinajstić information content (AvgIpc) is 3.40. The van der Waals surface area contributed by atoms with Crippen molar-refractivity contribution >= 4 is 23.3 Å². The van der Waals surface area contributed by atoms with Gasteiger partial charge in [0, 0.05) is 49.3 Å². The summed E-state index contributed by atoms with van der Waals surface area (Å²) in [5.74, 6) is 0.567. The number of amides is 2. The van der Waals surface area contributed by atoms with Crippen molar-refractivity contribution in [3.63, 3.8) is 0 Å². The van der Waals surface area contributed by atoms with Gasteiger partial charge in [0.15, 0.2) is 0 Å². The fraction of sp³-hybridized carbons (Fsp3) is 0.216. The Morgan fingerprint density at radius 1 is 0.745 bits per heavy atom. The van der Waals surface area contributed by atoms with Gasteiger partial charge in [-0.05, 0) is 77.7 Å². The number of carbonyl (C=O) groups is 2. The number of alkyl halides is 3. The number of nitrogens with zero attached hydrogens (tertiary/aromatic N) is 5. The minimum absolute atomic E-state index is 0.0560. The third-order valence-electron chi connectivity index (χ3n) is 9.00. The number of rotatable bonds is 4. The molecule has 0 N–H and O–H groups in total. The predicted molar refractivity (Wildman–Crippen MR) is 174 cm³/mol. The molecule has 238 valence electrons. The molecule has 2 aliphatic heterocycles. The van der Waals surface area contributed by atoms with Crippen molar-refractivity contribution in [3.8, 4) is 11.1 Å². The quantitative estimate of drug-likeness (QED) is 0.213. The van der Waals surface area contributed by atoms with Crippen molar-refractivity contribution in [2.24, 2.45) is 0 Å². The molecule has 0 atom stereocenters. The van der Waals surface area contributed by atoms with E-state index in [0.29, 0.717) is 55.1 Å². The molecular weight excluding hydrogens is 603 g/mol. The summed E-state index contributed by atoms with van der Waals surface area (Å²) in [7, 11) is 0. The number of hydrogen-bond acceptors (Lipinski definition) is 4. The Balaban J connectivity index is 1.15. The molecule has 1 fully saturated rings. The van der Waals surface area contributed by atoms with E-state index in [1.54, 1.807) is 42.3 Å². The molecular formula is C37H32F3N5O2. The van der Waals surface area contributed by atoms with Crippen LogP contribution in [0.25, 0.3) is 11.1 Å². The van der Waals surface area contributed by atoms with Crippen LogP contribution < -0.4 is 9.80 Å². The molecule has 1 saturated heterocycles. The van der Waals surface area contributed by atoms with E-state index in [-0.39, 0.29) is 23.9 Å². The Kier molecular flexibility index (Phi) is 7.79. The van der Waals surface area contributed by atoms with E-state index in [2.05, 4.69) is 9.88 Å². The summed E-state index contributed by atoms with van der Waals surface area (Å²) in [6.45, 7) is 4.87. The molecule has 0 aliphatic carbocycles. The van der Waals surface area contributed by atoms with Gasteiger partial charge >= 0.3 is 6.18 Å². The van der Waals surface area contributed by atoms with Gasteiger partial charge in [-0.3, -0.25) is 9.59 Å². The second-order valence-electron chi connectivity index (χ2n) is 11.9. The molecule has 4 heterocycles. The summed E-state index contributed by atoms with van der Waals surface area (Å²) >= 11 is 0. The number of fused-ring (bicyclic) bond motifs is 2. The second kappa shape index (κ2) is 12.1. The number of benzene rings is 3. The van der Waals surface area contributed by atoms with Gasteiger partial charge in [-0.2, -0.15) is 13.2 Å². The summed E-state index contributed by atoms with van der Waals surface area (Å²) in [5, 5.41) is 0. The number of aryl methyl sites for hydroxylation is 1. The zero-order valence-corrected chi connectivity index (χ0v) is 25.7. The Hall–Kier alpha value is -5.38. The first-order valence-corrected chi connectivity index (χ1v) is 15.5. The van der Waals surface area contributed by atoms with Crippen LogP contribution in [0.1, 0.15) is 43.2 Å². The van der Waals surface area contributed by atoms with Crippen LogP contribution in [-0.2, 0) is 19.3 Å². The molecule has 0 saturated carbocycles. The Bertz CT molecular complexity index is 1960. The van der Waals surface area contributed by atoms with Crippen LogP contribution >= 0.6 is 0 Å². The van der Waals surface area contributed by atoms with E-state index in [1.165, 1.54) is 12.1 Å². The average molecular weight is 636 g/mol. The molecule has 0 spiro atoms. The molecule has 7 nitrogen and oxygen atoms in total. The Morgan fingerprint density at radius 3 is 2.23 bits per heavy atom. The van der Waals surface area contributed by atoms with Crippen molar-refractivity contribution in [1.29, 1.82) is 0 Å². The van der Waals surface area contributed by atoms with Gasteiger partial charge in [0.2, 0.25) is 0 Å². The fourth-order valence-corrected chi connectivity index (χ4v) is 6.59. The second-order valence-corrected chi connectivity index (χ2v) is 11.9.